The second kappa shape index (κ2) is 12.3. The normalized spacial score (nSPS) is 13.2. The van der Waals surface area contributed by atoms with Gasteiger partial charge >= 0.3 is 0 Å². The molecule has 0 aliphatic rings. The van der Waals surface area contributed by atoms with E-state index in [-0.39, 0.29) is 0 Å². The Balaban J connectivity index is 1.72. The average Bonchev–Trinajstić information content (AvgIpc) is 3.50. The monoisotopic (exact) mass is 539 g/mol. The summed E-state index contributed by atoms with van der Waals surface area (Å²) in [7, 11) is 4.02. The van der Waals surface area contributed by atoms with Crippen molar-refractivity contribution in [3.8, 4) is 11.4 Å². The Hall–Kier alpha value is -3.88. The van der Waals surface area contributed by atoms with Gasteiger partial charge in [0.1, 0.15) is 5.69 Å². The first-order valence-electron chi connectivity index (χ1n) is 12.9. The van der Waals surface area contributed by atoms with Crippen LogP contribution in [-0.2, 0) is 0 Å². The third kappa shape index (κ3) is 6.77. The first-order chi connectivity index (χ1) is 18.7. The van der Waals surface area contributed by atoms with Gasteiger partial charge in [-0.05, 0) is 68.8 Å². The fourth-order valence-corrected chi connectivity index (χ4v) is 4.88. The second-order valence-corrected chi connectivity index (χ2v) is 11.5. The smallest absolute Gasteiger partial charge is 0.116 e. The quantitative estimate of drug-likeness (QED) is 0.242. The van der Waals surface area contributed by atoms with Crippen LogP contribution in [0.4, 0.5) is 5.69 Å². The molecule has 0 aliphatic heterocycles. The van der Waals surface area contributed by atoms with Gasteiger partial charge in [0.05, 0.1) is 28.6 Å². The topological polar surface area (TPSA) is 85.5 Å². The van der Waals surface area contributed by atoms with E-state index in [4.69, 9.17) is 0 Å². The number of fused-ring (bicyclic) bond motifs is 1. The number of nitrogens with zero attached hydrogens (tertiary/aromatic N) is 4. The molecule has 4 aromatic rings. The molecule has 202 valence electrons. The number of rotatable bonds is 10. The lowest BCUT2D eigenvalue weighted by Gasteiger charge is -2.14. The van der Waals surface area contributed by atoms with Crippen LogP contribution < -0.4 is 15.9 Å². The Morgan fingerprint density at radius 2 is 2.00 bits per heavy atom. The minimum atomic E-state index is 0.517. The molecule has 0 radical (unpaired) electrons. The van der Waals surface area contributed by atoms with Gasteiger partial charge < -0.3 is 15.2 Å². The molecular weight excluding hydrogens is 502 g/mol. The molecule has 0 bridgehead atoms. The van der Waals surface area contributed by atoms with E-state index >= 15 is 0 Å². The summed E-state index contributed by atoms with van der Waals surface area (Å²) in [6.45, 7) is 17.7. The number of allylic oxidation sites excluding steroid dienone is 2. The van der Waals surface area contributed by atoms with Gasteiger partial charge in [0, 0.05) is 51.6 Å². The summed E-state index contributed by atoms with van der Waals surface area (Å²) >= 11 is 1.80. The van der Waals surface area contributed by atoms with E-state index in [1.807, 2.05) is 51.6 Å². The lowest BCUT2D eigenvalue weighted by atomic mass is 10.1. The molecule has 4 rings (SSSR count). The van der Waals surface area contributed by atoms with Crippen molar-refractivity contribution in [2.75, 3.05) is 26.0 Å². The zero-order valence-corrected chi connectivity index (χ0v) is 24.4. The van der Waals surface area contributed by atoms with Crippen LogP contribution in [0, 0.1) is 0 Å². The van der Waals surface area contributed by atoms with E-state index in [0.29, 0.717) is 5.25 Å². The number of H-pyrrole nitrogens is 2. The Labute approximate surface area is 234 Å². The lowest BCUT2D eigenvalue weighted by Crippen LogP contribution is -2.23. The Kier molecular flexibility index (Phi) is 8.89. The standard InChI is InChI=1S/C31H37N7S/c1-9-27-25(12-20(4)23-13-24(16-32-15-23)34-22(6)17-38(7)8)31(37-36-27)29-14-26-28(35-29)10-11-33-30(26)21(5)18-39-19(2)3/h9-16,18-19,34-36H,4,6,17H2,1-3,5,7-8H3/b21-18+,25-12+,27-9+. The van der Waals surface area contributed by atoms with Crippen LogP contribution in [0.25, 0.3) is 45.6 Å². The molecule has 39 heavy (non-hydrogen) atoms. The molecule has 0 atom stereocenters. The Morgan fingerprint density at radius 1 is 1.21 bits per heavy atom. The molecule has 0 aliphatic carbocycles. The van der Waals surface area contributed by atoms with E-state index in [9.17, 15) is 0 Å². The molecule has 0 spiro atoms. The maximum Gasteiger partial charge on any atom is 0.116 e. The van der Waals surface area contributed by atoms with Crippen LogP contribution >= 0.6 is 11.8 Å². The van der Waals surface area contributed by atoms with Crippen LogP contribution in [0.2, 0.25) is 0 Å². The maximum absolute atomic E-state index is 4.69. The van der Waals surface area contributed by atoms with Gasteiger partial charge in [-0.15, -0.1) is 11.8 Å². The van der Waals surface area contributed by atoms with Gasteiger partial charge in [-0.1, -0.05) is 33.1 Å². The predicted octanol–water partition coefficient (Wildman–Crippen LogP) is 5.63. The average molecular weight is 540 g/mol. The van der Waals surface area contributed by atoms with Crippen LogP contribution in [0.5, 0.6) is 0 Å². The number of hydrogen-bond donors (Lipinski definition) is 3. The van der Waals surface area contributed by atoms with Crippen molar-refractivity contribution in [2.45, 2.75) is 32.9 Å². The number of aromatic nitrogens is 5. The first kappa shape index (κ1) is 28.1. The van der Waals surface area contributed by atoms with E-state index in [0.717, 1.165) is 73.2 Å². The minimum absolute atomic E-state index is 0.517. The van der Waals surface area contributed by atoms with Crippen molar-refractivity contribution in [3.05, 3.63) is 82.9 Å². The van der Waals surface area contributed by atoms with E-state index in [2.05, 4.69) is 86.8 Å². The second-order valence-electron chi connectivity index (χ2n) is 10.1. The van der Waals surface area contributed by atoms with E-state index < -0.39 is 0 Å². The lowest BCUT2D eigenvalue weighted by molar-refractivity contribution is 0.447. The van der Waals surface area contributed by atoms with Crippen molar-refractivity contribution in [1.82, 2.24) is 30.0 Å². The third-order valence-electron chi connectivity index (χ3n) is 6.07. The van der Waals surface area contributed by atoms with E-state index in [1.54, 1.807) is 18.0 Å². The van der Waals surface area contributed by atoms with Crippen molar-refractivity contribution >= 4 is 51.7 Å². The summed E-state index contributed by atoms with van der Waals surface area (Å²) in [5.74, 6) is 0. The number of hydrogen-bond acceptors (Lipinski definition) is 6. The first-order valence-corrected chi connectivity index (χ1v) is 13.9. The number of nitrogens with one attached hydrogen (secondary N) is 3. The summed E-state index contributed by atoms with van der Waals surface area (Å²) in [5.41, 5.74) is 8.40. The molecule has 0 saturated heterocycles. The highest BCUT2D eigenvalue weighted by atomic mass is 32.2. The maximum atomic E-state index is 4.69. The summed E-state index contributed by atoms with van der Waals surface area (Å²) in [5, 5.41) is 16.8. The zero-order valence-electron chi connectivity index (χ0n) is 23.6. The number of aromatic amines is 2. The van der Waals surface area contributed by atoms with E-state index in [1.165, 1.54) is 0 Å². The van der Waals surface area contributed by atoms with Crippen molar-refractivity contribution in [1.29, 1.82) is 0 Å². The molecule has 0 amide bonds. The fourth-order valence-electron chi connectivity index (χ4n) is 4.29. The minimum Gasteiger partial charge on any atom is -0.357 e. The van der Waals surface area contributed by atoms with Crippen LogP contribution in [0.1, 0.15) is 39.0 Å². The Bertz CT molecular complexity index is 1650. The summed E-state index contributed by atoms with van der Waals surface area (Å²) < 4.78 is 0. The Morgan fingerprint density at radius 3 is 2.72 bits per heavy atom. The van der Waals surface area contributed by atoms with Crippen LogP contribution in [-0.4, -0.2) is 55.9 Å². The predicted molar refractivity (Wildman–Crippen MR) is 168 cm³/mol. The fraction of sp³-hybridized carbons (Fsp3) is 0.258. The van der Waals surface area contributed by atoms with Crippen molar-refractivity contribution < 1.29 is 0 Å². The molecule has 0 fully saturated rings. The van der Waals surface area contributed by atoms with Crippen LogP contribution in [0.3, 0.4) is 0 Å². The molecule has 0 aromatic carbocycles. The van der Waals surface area contributed by atoms with Gasteiger partial charge in [0.2, 0.25) is 0 Å². The van der Waals surface area contributed by atoms with Gasteiger partial charge in [0.15, 0.2) is 0 Å². The highest BCUT2D eigenvalue weighted by molar-refractivity contribution is 8.02. The highest BCUT2D eigenvalue weighted by Gasteiger charge is 2.13. The molecular formula is C31H37N7S. The van der Waals surface area contributed by atoms with Gasteiger partial charge in [-0.25, -0.2) is 0 Å². The molecule has 4 heterocycles. The number of anilines is 1. The van der Waals surface area contributed by atoms with Gasteiger partial charge in [0.25, 0.3) is 0 Å². The van der Waals surface area contributed by atoms with Crippen molar-refractivity contribution in [3.63, 3.8) is 0 Å². The molecule has 7 nitrogen and oxygen atoms in total. The zero-order chi connectivity index (χ0) is 28.1. The summed E-state index contributed by atoms with van der Waals surface area (Å²) in [4.78, 5) is 14.7. The SMILES string of the molecule is C=C(CN(C)C)Nc1cncc(C(=C)/C=c2/c(-c3cc4c(/C(C)=C/SC(C)C)nccc4[nH]3)n[nH]/c2=C/C)c1. The molecule has 0 unspecified atom stereocenters. The molecule has 8 heteroatoms. The number of pyridine rings is 2. The summed E-state index contributed by atoms with van der Waals surface area (Å²) in [6.07, 6.45) is 9.53. The van der Waals surface area contributed by atoms with Crippen molar-refractivity contribution in [2.24, 2.45) is 0 Å². The number of likely N-dealkylation sites (N-methyl/N-ethyl adjacent to an activating group) is 1. The number of thioether (sulfide) groups is 1. The highest BCUT2D eigenvalue weighted by Crippen LogP contribution is 2.29. The summed E-state index contributed by atoms with van der Waals surface area (Å²) in [6, 6.07) is 6.17. The third-order valence-corrected chi connectivity index (χ3v) is 7.11. The van der Waals surface area contributed by atoms with Gasteiger partial charge in [-0.3, -0.25) is 15.1 Å². The molecule has 3 N–H and O–H groups in total. The molecule has 0 saturated carbocycles. The largest absolute Gasteiger partial charge is 0.357 e. The van der Waals surface area contributed by atoms with Crippen LogP contribution in [0.15, 0.2) is 61.1 Å². The van der Waals surface area contributed by atoms with Gasteiger partial charge in [-0.2, -0.15) is 5.10 Å². The molecule has 4 aromatic heterocycles.